The molecule has 1 heterocycles. The zero-order valence-corrected chi connectivity index (χ0v) is 7.57. The molecule has 0 spiro atoms. The van der Waals surface area contributed by atoms with Gasteiger partial charge < -0.3 is 10.2 Å². The summed E-state index contributed by atoms with van der Waals surface area (Å²) in [6, 6.07) is 0.469. The number of hydrogen-bond acceptors (Lipinski definition) is 2. The van der Waals surface area contributed by atoms with Crippen LogP contribution in [0.2, 0.25) is 0 Å². The van der Waals surface area contributed by atoms with Gasteiger partial charge in [-0.2, -0.15) is 0 Å². The molecule has 1 N–H and O–H groups in total. The molecule has 0 saturated heterocycles. The van der Waals surface area contributed by atoms with E-state index in [4.69, 9.17) is 0 Å². The molecule has 1 amide bonds. The van der Waals surface area contributed by atoms with Crippen LogP contribution in [-0.2, 0) is 4.79 Å². The second-order valence-corrected chi connectivity index (χ2v) is 3.54. The standard InChI is InChI=1S/C10H14N2O/c13-10(11-9-4-5-9)8-12-6-2-1-3-7-12/h1-3,6,9H,4-5,7-8H2,(H,11,13). The highest BCUT2D eigenvalue weighted by molar-refractivity contribution is 5.78. The molecule has 0 atom stereocenters. The zero-order valence-electron chi connectivity index (χ0n) is 7.57. The lowest BCUT2D eigenvalue weighted by Gasteiger charge is -2.19. The molecule has 0 aromatic heterocycles. The Morgan fingerprint density at radius 2 is 2.31 bits per heavy atom. The first-order valence-corrected chi connectivity index (χ1v) is 4.71. The molecule has 13 heavy (non-hydrogen) atoms. The minimum absolute atomic E-state index is 0.141. The smallest absolute Gasteiger partial charge is 0.239 e. The van der Waals surface area contributed by atoms with Crippen molar-refractivity contribution < 1.29 is 4.79 Å². The number of rotatable bonds is 3. The van der Waals surface area contributed by atoms with Crippen LogP contribution in [0.3, 0.4) is 0 Å². The van der Waals surface area contributed by atoms with Crippen molar-refractivity contribution in [3.8, 4) is 0 Å². The molecule has 1 saturated carbocycles. The van der Waals surface area contributed by atoms with Crippen LogP contribution in [0.25, 0.3) is 0 Å². The third-order valence-electron chi connectivity index (χ3n) is 2.17. The van der Waals surface area contributed by atoms with E-state index in [1.807, 2.05) is 29.3 Å². The van der Waals surface area contributed by atoms with Crippen LogP contribution in [0, 0.1) is 0 Å². The van der Waals surface area contributed by atoms with Gasteiger partial charge in [-0.1, -0.05) is 12.2 Å². The van der Waals surface area contributed by atoms with Crippen LogP contribution in [-0.4, -0.2) is 29.9 Å². The van der Waals surface area contributed by atoms with E-state index in [1.165, 1.54) is 0 Å². The van der Waals surface area contributed by atoms with Gasteiger partial charge in [0.1, 0.15) is 0 Å². The third kappa shape index (κ3) is 2.61. The van der Waals surface area contributed by atoms with E-state index in [-0.39, 0.29) is 5.91 Å². The van der Waals surface area contributed by atoms with E-state index in [1.54, 1.807) is 0 Å². The number of nitrogens with zero attached hydrogens (tertiary/aromatic N) is 1. The number of nitrogens with one attached hydrogen (secondary N) is 1. The highest BCUT2D eigenvalue weighted by Gasteiger charge is 2.23. The Bertz CT molecular complexity index is 254. The van der Waals surface area contributed by atoms with Gasteiger partial charge in [0.2, 0.25) is 5.91 Å². The van der Waals surface area contributed by atoms with Gasteiger partial charge in [-0.3, -0.25) is 4.79 Å². The largest absolute Gasteiger partial charge is 0.364 e. The maximum Gasteiger partial charge on any atom is 0.239 e. The van der Waals surface area contributed by atoms with E-state index in [2.05, 4.69) is 5.32 Å². The second kappa shape index (κ2) is 3.64. The molecule has 3 nitrogen and oxygen atoms in total. The number of amides is 1. The van der Waals surface area contributed by atoms with E-state index >= 15 is 0 Å². The first kappa shape index (κ1) is 8.35. The van der Waals surface area contributed by atoms with Crippen LogP contribution in [0.15, 0.2) is 24.4 Å². The first-order chi connectivity index (χ1) is 6.34. The van der Waals surface area contributed by atoms with Gasteiger partial charge in [0, 0.05) is 12.6 Å². The highest BCUT2D eigenvalue weighted by atomic mass is 16.2. The van der Waals surface area contributed by atoms with Crippen molar-refractivity contribution >= 4 is 5.91 Å². The number of allylic oxidation sites excluding steroid dienone is 2. The fraction of sp³-hybridized carbons (Fsp3) is 0.500. The van der Waals surface area contributed by atoms with Crippen molar-refractivity contribution in [1.29, 1.82) is 0 Å². The molecule has 0 radical (unpaired) electrons. The maximum absolute atomic E-state index is 11.4. The molecule has 3 heteroatoms. The van der Waals surface area contributed by atoms with Crippen molar-refractivity contribution in [2.75, 3.05) is 13.1 Å². The minimum atomic E-state index is 0.141. The number of hydrogen-bond donors (Lipinski definition) is 1. The average Bonchev–Trinajstić information content (AvgIpc) is 2.90. The zero-order chi connectivity index (χ0) is 9.10. The Morgan fingerprint density at radius 3 is 2.92 bits per heavy atom. The maximum atomic E-state index is 11.4. The second-order valence-electron chi connectivity index (χ2n) is 3.54. The molecule has 1 aliphatic carbocycles. The lowest BCUT2D eigenvalue weighted by Crippen LogP contribution is -2.36. The van der Waals surface area contributed by atoms with E-state index < -0.39 is 0 Å². The molecule has 2 aliphatic rings. The molecule has 0 aromatic carbocycles. The van der Waals surface area contributed by atoms with Crippen LogP contribution in [0.1, 0.15) is 12.8 Å². The fourth-order valence-electron chi connectivity index (χ4n) is 1.31. The van der Waals surface area contributed by atoms with Crippen LogP contribution in [0.5, 0.6) is 0 Å². The topological polar surface area (TPSA) is 32.3 Å². The Morgan fingerprint density at radius 1 is 1.46 bits per heavy atom. The van der Waals surface area contributed by atoms with Crippen molar-refractivity contribution in [3.05, 3.63) is 24.4 Å². The quantitative estimate of drug-likeness (QED) is 0.688. The molecule has 1 aliphatic heterocycles. The average molecular weight is 178 g/mol. The van der Waals surface area contributed by atoms with Crippen molar-refractivity contribution in [2.45, 2.75) is 18.9 Å². The lowest BCUT2D eigenvalue weighted by atomic mass is 10.3. The fourth-order valence-corrected chi connectivity index (χ4v) is 1.31. The van der Waals surface area contributed by atoms with Crippen molar-refractivity contribution in [1.82, 2.24) is 10.2 Å². The summed E-state index contributed by atoms with van der Waals surface area (Å²) in [5.41, 5.74) is 0. The highest BCUT2D eigenvalue weighted by Crippen LogP contribution is 2.18. The molecular formula is C10H14N2O. The van der Waals surface area contributed by atoms with Gasteiger partial charge in [0.15, 0.2) is 0 Å². The summed E-state index contributed by atoms with van der Waals surface area (Å²) in [6.07, 6.45) is 10.3. The SMILES string of the molecule is O=C(CN1C=CC=CC1)NC1CC1. The summed E-state index contributed by atoms with van der Waals surface area (Å²) in [5, 5.41) is 2.96. The van der Waals surface area contributed by atoms with Crippen LogP contribution < -0.4 is 5.32 Å². The van der Waals surface area contributed by atoms with E-state index in [0.29, 0.717) is 12.6 Å². The van der Waals surface area contributed by atoms with Gasteiger partial charge in [0.05, 0.1) is 6.54 Å². The summed E-state index contributed by atoms with van der Waals surface area (Å²) in [4.78, 5) is 13.3. The Kier molecular flexibility index (Phi) is 2.34. The molecule has 1 fully saturated rings. The van der Waals surface area contributed by atoms with Gasteiger partial charge in [-0.15, -0.1) is 0 Å². The first-order valence-electron chi connectivity index (χ1n) is 4.71. The van der Waals surface area contributed by atoms with Gasteiger partial charge in [-0.25, -0.2) is 0 Å². The molecule has 0 aromatic rings. The number of carbonyl (C=O) groups is 1. The summed E-state index contributed by atoms with van der Waals surface area (Å²) in [6.45, 7) is 1.33. The van der Waals surface area contributed by atoms with Crippen LogP contribution >= 0.6 is 0 Å². The van der Waals surface area contributed by atoms with Gasteiger partial charge in [-0.05, 0) is 25.1 Å². The Labute approximate surface area is 78.1 Å². The molecular weight excluding hydrogens is 164 g/mol. The van der Waals surface area contributed by atoms with Crippen molar-refractivity contribution in [2.24, 2.45) is 0 Å². The summed E-state index contributed by atoms with van der Waals surface area (Å²) in [5.74, 6) is 0.141. The predicted octanol–water partition coefficient (Wildman–Crippen LogP) is 0.650. The van der Waals surface area contributed by atoms with E-state index in [9.17, 15) is 4.79 Å². The van der Waals surface area contributed by atoms with Crippen LogP contribution in [0.4, 0.5) is 0 Å². The number of carbonyl (C=O) groups excluding carboxylic acids is 1. The van der Waals surface area contributed by atoms with Gasteiger partial charge >= 0.3 is 0 Å². The third-order valence-corrected chi connectivity index (χ3v) is 2.17. The monoisotopic (exact) mass is 178 g/mol. The minimum Gasteiger partial charge on any atom is -0.364 e. The summed E-state index contributed by atoms with van der Waals surface area (Å²) < 4.78 is 0. The molecule has 70 valence electrons. The summed E-state index contributed by atoms with van der Waals surface area (Å²) in [7, 11) is 0. The normalized spacial score (nSPS) is 20.5. The molecule has 0 unspecified atom stereocenters. The van der Waals surface area contributed by atoms with E-state index in [0.717, 1.165) is 19.4 Å². The molecule has 0 bridgehead atoms. The lowest BCUT2D eigenvalue weighted by molar-refractivity contribution is -0.121. The Hall–Kier alpha value is -1.25. The molecule has 2 rings (SSSR count). The van der Waals surface area contributed by atoms with Crippen molar-refractivity contribution in [3.63, 3.8) is 0 Å². The van der Waals surface area contributed by atoms with Gasteiger partial charge in [0.25, 0.3) is 0 Å². The predicted molar refractivity (Wildman–Crippen MR) is 51.0 cm³/mol. The summed E-state index contributed by atoms with van der Waals surface area (Å²) >= 11 is 0. The Balaban J connectivity index is 1.73.